The normalized spacial score (nSPS) is 12.1. The van der Waals surface area contributed by atoms with Gasteiger partial charge < -0.3 is 24.3 Å². The minimum atomic E-state index is -1.00. The summed E-state index contributed by atoms with van der Waals surface area (Å²) in [5, 5.41) is 2.71. The molecule has 7 nitrogen and oxygen atoms in total. The molecule has 0 saturated carbocycles. The van der Waals surface area contributed by atoms with Gasteiger partial charge >= 0.3 is 12.1 Å². The minimum absolute atomic E-state index is 0.184. The summed E-state index contributed by atoms with van der Waals surface area (Å²) in [6, 6.07) is 13.7. The van der Waals surface area contributed by atoms with Gasteiger partial charge in [0.25, 0.3) is 0 Å². The van der Waals surface area contributed by atoms with Crippen LogP contribution in [0.1, 0.15) is 44.7 Å². The third-order valence-electron chi connectivity index (χ3n) is 4.50. The fourth-order valence-electron chi connectivity index (χ4n) is 3.14. The highest BCUT2D eigenvalue weighted by atomic mass is 16.6. The maximum atomic E-state index is 12.9. The van der Waals surface area contributed by atoms with Crippen LogP contribution in [-0.4, -0.2) is 44.5 Å². The molecule has 0 aliphatic carbocycles. The molecule has 0 aliphatic rings. The highest BCUT2D eigenvalue weighted by Gasteiger charge is 2.35. The van der Waals surface area contributed by atoms with Crippen molar-refractivity contribution in [3.05, 3.63) is 59.7 Å². The molecule has 1 amide bonds. The molecule has 0 aliphatic heterocycles. The number of carbonyl (C=O) groups excluding carboxylic acids is 2. The van der Waals surface area contributed by atoms with Crippen LogP contribution in [0.15, 0.2) is 48.5 Å². The number of amides is 1. The molecule has 0 heterocycles. The summed E-state index contributed by atoms with van der Waals surface area (Å²) in [5.74, 6) is 0.295. The lowest BCUT2D eigenvalue weighted by Crippen LogP contribution is -2.48. The molecule has 2 aromatic rings. The summed E-state index contributed by atoms with van der Waals surface area (Å²) in [4.78, 5) is 25.5. The number of rotatable bonds is 8. The van der Waals surface area contributed by atoms with Gasteiger partial charge in [-0.1, -0.05) is 24.3 Å². The van der Waals surface area contributed by atoms with Crippen LogP contribution in [0.2, 0.25) is 0 Å². The van der Waals surface area contributed by atoms with Crippen LogP contribution in [0.25, 0.3) is 0 Å². The van der Waals surface area contributed by atoms with Crippen molar-refractivity contribution < 1.29 is 28.5 Å². The maximum absolute atomic E-state index is 12.9. The second-order valence-electron chi connectivity index (χ2n) is 7.90. The molecule has 1 unspecified atom stereocenters. The Kier molecular flexibility index (Phi) is 8.30. The van der Waals surface area contributed by atoms with Gasteiger partial charge in [-0.05, 0) is 63.1 Å². The van der Waals surface area contributed by atoms with E-state index in [2.05, 4.69) is 5.32 Å². The van der Waals surface area contributed by atoms with Gasteiger partial charge in [0.1, 0.15) is 23.1 Å². The van der Waals surface area contributed by atoms with Crippen molar-refractivity contribution in [1.82, 2.24) is 5.32 Å². The first-order chi connectivity index (χ1) is 14.7. The van der Waals surface area contributed by atoms with Crippen LogP contribution < -0.4 is 14.8 Å². The molecule has 2 rings (SSSR count). The largest absolute Gasteiger partial charge is 0.497 e. The molecule has 0 radical (unpaired) electrons. The molecule has 0 saturated heterocycles. The molecular weight excluding hydrogens is 398 g/mol. The Bertz CT molecular complexity index is 808. The van der Waals surface area contributed by atoms with Gasteiger partial charge in [0.15, 0.2) is 0 Å². The summed E-state index contributed by atoms with van der Waals surface area (Å²) < 4.78 is 21.2. The molecular formula is C24H31NO6. The van der Waals surface area contributed by atoms with Crippen molar-refractivity contribution >= 4 is 12.1 Å². The predicted octanol–water partition coefficient (Wildman–Crippen LogP) is 4.29. The molecule has 0 spiro atoms. The molecule has 7 heteroatoms. The third kappa shape index (κ3) is 6.91. The highest BCUT2D eigenvalue weighted by molar-refractivity contribution is 5.83. The van der Waals surface area contributed by atoms with E-state index in [9.17, 15) is 9.59 Å². The number of hydrogen-bond acceptors (Lipinski definition) is 6. The number of esters is 1. The van der Waals surface area contributed by atoms with Gasteiger partial charge in [0, 0.05) is 5.92 Å². The zero-order chi connectivity index (χ0) is 23.0. The molecule has 31 heavy (non-hydrogen) atoms. The van der Waals surface area contributed by atoms with Gasteiger partial charge in [-0.25, -0.2) is 9.59 Å². The monoisotopic (exact) mass is 429 g/mol. The lowest BCUT2D eigenvalue weighted by Gasteiger charge is -2.29. The molecule has 2 aromatic carbocycles. The van der Waals surface area contributed by atoms with Gasteiger partial charge in [-0.3, -0.25) is 0 Å². The number of methoxy groups -OCH3 is 2. The summed E-state index contributed by atoms with van der Waals surface area (Å²) in [6.07, 6.45) is -0.697. The fourth-order valence-corrected chi connectivity index (χ4v) is 3.14. The van der Waals surface area contributed by atoms with Crippen molar-refractivity contribution in [2.45, 2.75) is 45.3 Å². The van der Waals surface area contributed by atoms with Gasteiger partial charge in [0.05, 0.1) is 20.8 Å². The second-order valence-corrected chi connectivity index (χ2v) is 7.90. The van der Waals surface area contributed by atoms with E-state index in [4.69, 9.17) is 18.9 Å². The number of nitrogens with one attached hydrogen (secondary N) is 1. The quantitative estimate of drug-likeness (QED) is 0.630. The number of hydrogen-bond donors (Lipinski definition) is 1. The number of carbonyl (C=O) groups is 2. The molecule has 0 bridgehead atoms. The Labute approximate surface area is 183 Å². The first-order valence-corrected chi connectivity index (χ1v) is 10.1. The van der Waals surface area contributed by atoms with Crippen LogP contribution in [0.4, 0.5) is 4.79 Å². The SMILES string of the molecule is CCOC(=O)C(NC(=O)OC(C)(C)C)C(c1ccc(OC)cc1)c1ccc(OC)cc1. The maximum Gasteiger partial charge on any atom is 0.408 e. The predicted molar refractivity (Wildman–Crippen MR) is 118 cm³/mol. The van der Waals surface area contributed by atoms with E-state index in [0.717, 1.165) is 11.1 Å². The molecule has 168 valence electrons. The third-order valence-corrected chi connectivity index (χ3v) is 4.50. The van der Waals surface area contributed by atoms with Crippen LogP contribution in [0.5, 0.6) is 11.5 Å². The van der Waals surface area contributed by atoms with Crippen LogP contribution in [0, 0.1) is 0 Å². The Balaban J connectivity index is 2.52. The molecule has 0 fully saturated rings. The van der Waals surface area contributed by atoms with Gasteiger partial charge in [-0.15, -0.1) is 0 Å². The minimum Gasteiger partial charge on any atom is -0.497 e. The Morgan fingerprint density at radius 3 is 1.68 bits per heavy atom. The van der Waals surface area contributed by atoms with E-state index >= 15 is 0 Å². The van der Waals surface area contributed by atoms with Crippen LogP contribution >= 0.6 is 0 Å². The van der Waals surface area contributed by atoms with Gasteiger partial charge in [-0.2, -0.15) is 0 Å². The zero-order valence-electron chi connectivity index (χ0n) is 18.9. The van der Waals surface area contributed by atoms with Crippen molar-refractivity contribution in [1.29, 1.82) is 0 Å². The second kappa shape index (κ2) is 10.7. The molecule has 1 atom stereocenters. The standard InChI is InChI=1S/C24H31NO6/c1-7-30-22(26)21(25-23(27)31-24(2,3)4)20(16-8-12-18(28-5)13-9-16)17-10-14-19(29-6)15-11-17/h8-15,20-21H,7H2,1-6H3,(H,25,27). The van der Waals surface area contributed by atoms with E-state index in [1.54, 1.807) is 41.9 Å². The van der Waals surface area contributed by atoms with Crippen molar-refractivity contribution in [2.24, 2.45) is 0 Å². The number of alkyl carbamates (subject to hydrolysis) is 1. The van der Waals surface area contributed by atoms with Crippen LogP contribution in [0.3, 0.4) is 0 Å². The lowest BCUT2D eigenvalue weighted by atomic mass is 9.85. The summed E-state index contributed by atoms with van der Waals surface area (Å²) in [7, 11) is 3.17. The first-order valence-electron chi connectivity index (χ1n) is 10.1. The molecule has 1 N–H and O–H groups in total. The Morgan fingerprint density at radius 1 is 0.871 bits per heavy atom. The summed E-state index contributed by atoms with van der Waals surface area (Å²) in [6.45, 7) is 7.19. The topological polar surface area (TPSA) is 83.1 Å². The highest BCUT2D eigenvalue weighted by Crippen LogP contribution is 2.31. The lowest BCUT2D eigenvalue weighted by molar-refractivity contribution is -0.146. The fraction of sp³-hybridized carbons (Fsp3) is 0.417. The summed E-state index contributed by atoms with van der Waals surface area (Å²) >= 11 is 0. The number of benzene rings is 2. The zero-order valence-corrected chi connectivity index (χ0v) is 18.9. The average Bonchev–Trinajstić information content (AvgIpc) is 2.73. The van der Waals surface area contributed by atoms with Crippen LogP contribution in [-0.2, 0) is 14.3 Å². The van der Waals surface area contributed by atoms with E-state index in [-0.39, 0.29) is 6.61 Å². The van der Waals surface area contributed by atoms with Crippen molar-refractivity contribution in [2.75, 3.05) is 20.8 Å². The Hall–Kier alpha value is -3.22. The smallest absolute Gasteiger partial charge is 0.408 e. The first kappa shape index (κ1) is 24.1. The summed E-state index contributed by atoms with van der Waals surface area (Å²) in [5.41, 5.74) is 0.902. The average molecular weight is 430 g/mol. The van der Waals surface area contributed by atoms with E-state index in [1.807, 2.05) is 48.5 Å². The van der Waals surface area contributed by atoms with Crippen molar-refractivity contribution in [3.63, 3.8) is 0 Å². The molecule has 0 aromatic heterocycles. The van der Waals surface area contributed by atoms with Crippen molar-refractivity contribution in [3.8, 4) is 11.5 Å². The van der Waals surface area contributed by atoms with E-state index in [1.165, 1.54) is 0 Å². The Morgan fingerprint density at radius 2 is 1.32 bits per heavy atom. The van der Waals surface area contributed by atoms with E-state index < -0.39 is 29.6 Å². The van der Waals surface area contributed by atoms with E-state index in [0.29, 0.717) is 11.5 Å². The number of ether oxygens (including phenoxy) is 4. The van der Waals surface area contributed by atoms with Gasteiger partial charge in [0.2, 0.25) is 0 Å².